The van der Waals surface area contributed by atoms with Crippen molar-refractivity contribution in [3.05, 3.63) is 47.3 Å². The number of carbonyl (C=O) groups is 1. The molecule has 102 valence electrons. The van der Waals surface area contributed by atoms with E-state index in [0.717, 1.165) is 23.0 Å². The van der Waals surface area contributed by atoms with Crippen molar-refractivity contribution in [2.75, 3.05) is 6.61 Å². The highest BCUT2D eigenvalue weighted by molar-refractivity contribution is 5.71. The third-order valence-electron chi connectivity index (χ3n) is 2.89. The van der Waals surface area contributed by atoms with Crippen molar-refractivity contribution in [3.63, 3.8) is 0 Å². The molecule has 2 aromatic heterocycles. The van der Waals surface area contributed by atoms with E-state index in [0.29, 0.717) is 6.61 Å². The molecule has 0 unspecified atom stereocenters. The maximum absolute atomic E-state index is 11.7. The Hall–Kier alpha value is -1.97. The molecule has 0 fully saturated rings. The highest BCUT2D eigenvalue weighted by Crippen LogP contribution is 2.31. The largest absolute Gasteiger partial charge is 0.466 e. The van der Waals surface area contributed by atoms with E-state index in [2.05, 4.69) is 0 Å². The topological polar surface area (TPSA) is 52.6 Å². The molecule has 0 saturated carbocycles. The average molecular weight is 262 g/mol. The number of hydrogen-bond acceptors (Lipinski definition) is 4. The number of hydrogen-bond donors (Lipinski definition) is 0. The van der Waals surface area contributed by atoms with Gasteiger partial charge in [-0.15, -0.1) is 0 Å². The lowest BCUT2D eigenvalue weighted by atomic mass is 9.99. The van der Waals surface area contributed by atoms with Crippen LogP contribution in [-0.2, 0) is 9.53 Å². The van der Waals surface area contributed by atoms with E-state index in [9.17, 15) is 4.79 Å². The van der Waals surface area contributed by atoms with Gasteiger partial charge in [-0.05, 0) is 45.0 Å². The first-order valence-electron chi connectivity index (χ1n) is 6.38. The van der Waals surface area contributed by atoms with Crippen molar-refractivity contribution in [1.29, 1.82) is 0 Å². The van der Waals surface area contributed by atoms with Crippen LogP contribution in [0.1, 0.15) is 42.3 Å². The van der Waals surface area contributed by atoms with Gasteiger partial charge in [0.1, 0.15) is 23.0 Å². The Morgan fingerprint density at radius 2 is 1.63 bits per heavy atom. The van der Waals surface area contributed by atoms with E-state index in [-0.39, 0.29) is 18.3 Å². The maximum Gasteiger partial charge on any atom is 0.306 e. The molecule has 0 aliphatic rings. The van der Waals surface area contributed by atoms with Gasteiger partial charge in [0.2, 0.25) is 0 Å². The van der Waals surface area contributed by atoms with Crippen LogP contribution in [0.15, 0.2) is 33.1 Å². The molecule has 0 spiro atoms. The predicted molar refractivity (Wildman–Crippen MR) is 70.0 cm³/mol. The molecule has 4 heteroatoms. The first kappa shape index (κ1) is 13.5. The predicted octanol–water partition coefficient (Wildman–Crippen LogP) is 3.57. The molecule has 0 radical (unpaired) electrons. The Balaban J connectivity index is 2.25. The van der Waals surface area contributed by atoms with Crippen LogP contribution in [0, 0.1) is 13.8 Å². The van der Waals surface area contributed by atoms with E-state index in [1.807, 2.05) is 38.1 Å². The van der Waals surface area contributed by atoms with Crippen molar-refractivity contribution in [2.45, 2.75) is 33.1 Å². The molecule has 0 aliphatic carbocycles. The fourth-order valence-electron chi connectivity index (χ4n) is 2.01. The zero-order valence-corrected chi connectivity index (χ0v) is 11.4. The summed E-state index contributed by atoms with van der Waals surface area (Å²) < 4.78 is 16.2. The lowest BCUT2D eigenvalue weighted by Gasteiger charge is -2.11. The third-order valence-corrected chi connectivity index (χ3v) is 2.89. The number of aryl methyl sites for hydroxylation is 2. The summed E-state index contributed by atoms with van der Waals surface area (Å²) in [6.45, 7) is 5.91. The van der Waals surface area contributed by atoms with E-state index < -0.39 is 0 Å². The van der Waals surface area contributed by atoms with Crippen LogP contribution in [0.3, 0.4) is 0 Å². The van der Waals surface area contributed by atoms with Gasteiger partial charge in [-0.3, -0.25) is 4.79 Å². The molecule has 2 aromatic rings. The molecular formula is C15H18O4. The minimum atomic E-state index is -0.254. The van der Waals surface area contributed by atoms with Crippen LogP contribution in [-0.4, -0.2) is 12.6 Å². The van der Waals surface area contributed by atoms with Gasteiger partial charge in [0, 0.05) is 0 Å². The molecule has 0 N–H and O–H groups in total. The second kappa shape index (κ2) is 5.78. The van der Waals surface area contributed by atoms with Crippen molar-refractivity contribution in [2.24, 2.45) is 0 Å². The second-order valence-electron chi connectivity index (χ2n) is 4.46. The summed E-state index contributed by atoms with van der Waals surface area (Å²) in [4.78, 5) is 11.7. The number of ether oxygens (including phenoxy) is 1. The van der Waals surface area contributed by atoms with Crippen LogP contribution in [0.4, 0.5) is 0 Å². The zero-order chi connectivity index (χ0) is 13.8. The Kier molecular flexibility index (Phi) is 4.10. The van der Waals surface area contributed by atoms with Gasteiger partial charge < -0.3 is 13.6 Å². The van der Waals surface area contributed by atoms with Crippen molar-refractivity contribution < 1.29 is 18.4 Å². The van der Waals surface area contributed by atoms with Crippen LogP contribution in [0.2, 0.25) is 0 Å². The van der Waals surface area contributed by atoms with Gasteiger partial charge in [-0.2, -0.15) is 0 Å². The van der Waals surface area contributed by atoms with Gasteiger partial charge in [0.05, 0.1) is 18.9 Å². The average Bonchev–Trinajstić information content (AvgIpc) is 2.96. The molecular weight excluding hydrogens is 244 g/mol. The van der Waals surface area contributed by atoms with Crippen molar-refractivity contribution in [1.82, 2.24) is 0 Å². The first-order chi connectivity index (χ1) is 9.10. The van der Waals surface area contributed by atoms with E-state index in [4.69, 9.17) is 13.6 Å². The number of furan rings is 2. The highest BCUT2D eigenvalue weighted by atomic mass is 16.5. The zero-order valence-electron chi connectivity index (χ0n) is 11.4. The molecule has 0 amide bonds. The quantitative estimate of drug-likeness (QED) is 0.773. The Morgan fingerprint density at radius 3 is 2.00 bits per heavy atom. The lowest BCUT2D eigenvalue weighted by molar-refractivity contribution is -0.143. The minimum Gasteiger partial charge on any atom is -0.466 e. The lowest BCUT2D eigenvalue weighted by Crippen LogP contribution is -2.10. The second-order valence-corrected chi connectivity index (χ2v) is 4.46. The standard InChI is InChI=1S/C15H18O4/c1-4-17-15(16)9-12(13-7-5-10(2)18-13)14-8-6-11(3)19-14/h5-8,12H,4,9H2,1-3H3. The van der Waals surface area contributed by atoms with Crippen LogP contribution in [0.25, 0.3) is 0 Å². The molecule has 2 heterocycles. The van der Waals surface area contributed by atoms with E-state index in [1.165, 1.54) is 0 Å². The van der Waals surface area contributed by atoms with Gasteiger partial charge >= 0.3 is 5.97 Å². The Labute approximate surface area is 112 Å². The molecule has 2 rings (SSSR count). The number of esters is 1. The first-order valence-corrected chi connectivity index (χ1v) is 6.38. The monoisotopic (exact) mass is 262 g/mol. The van der Waals surface area contributed by atoms with Crippen LogP contribution < -0.4 is 0 Å². The van der Waals surface area contributed by atoms with Crippen LogP contribution >= 0.6 is 0 Å². The molecule has 0 atom stereocenters. The van der Waals surface area contributed by atoms with Crippen LogP contribution in [0.5, 0.6) is 0 Å². The summed E-state index contributed by atoms with van der Waals surface area (Å²) in [7, 11) is 0. The molecule has 0 aromatic carbocycles. The third kappa shape index (κ3) is 3.28. The Bertz CT molecular complexity index is 510. The molecule has 4 nitrogen and oxygen atoms in total. The fraction of sp³-hybridized carbons (Fsp3) is 0.400. The van der Waals surface area contributed by atoms with Crippen molar-refractivity contribution >= 4 is 5.97 Å². The normalized spacial score (nSPS) is 10.9. The van der Waals surface area contributed by atoms with E-state index in [1.54, 1.807) is 6.92 Å². The number of rotatable bonds is 5. The van der Waals surface area contributed by atoms with Gasteiger partial charge in [-0.25, -0.2) is 0 Å². The SMILES string of the molecule is CCOC(=O)CC(c1ccc(C)o1)c1ccc(C)o1. The Morgan fingerprint density at radius 1 is 1.11 bits per heavy atom. The van der Waals surface area contributed by atoms with Crippen molar-refractivity contribution in [3.8, 4) is 0 Å². The minimum absolute atomic E-state index is 0.216. The molecule has 0 bridgehead atoms. The number of carbonyl (C=O) groups excluding carboxylic acids is 1. The maximum atomic E-state index is 11.7. The summed E-state index contributed by atoms with van der Waals surface area (Å²) in [6, 6.07) is 7.50. The summed E-state index contributed by atoms with van der Waals surface area (Å²) >= 11 is 0. The van der Waals surface area contributed by atoms with Gasteiger partial charge in [0.25, 0.3) is 0 Å². The van der Waals surface area contributed by atoms with Gasteiger partial charge in [-0.1, -0.05) is 0 Å². The summed E-state index contributed by atoms with van der Waals surface area (Å²) in [5.74, 6) is 2.58. The smallest absolute Gasteiger partial charge is 0.306 e. The fourth-order valence-corrected chi connectivity index (χ4v) is 2.01. The summed E-state index contributed by atoms with van der Waals surface area (Å²) in [5.41, 5.74) is 0. The van der Waals surface area contributed by atoms with Gasteiger partial charge in [0.15, 0.2) is 0 Å². The molecule has 0 saturated heterocycles. The summed E-state index contributed by atoms with van der Waals surface area (Å²) in [5, 5.41) is 0. The van der Waals surface area contributed by atoms with E-state index >= 15 is 0 Å². The molecule has 19 heavy (non-hydrogen) atoms. The highest BCUT2D eigenvalue weighted by Gasteiger charge is 2.24. The summed E-state index contributed by atoms with van der Waals surface area (Å²) in [6.07, 6.45) is 0.216. The molecule has 0 aliphatic heterocycles.